The lowest BCUT2D eigenvalue weighted by Gasteiger charge is -2.29. The molecule has 18 heavy (non-hydrogen) atoms. The van der Waals surface area contributed by atoms with Crippen LogP contribution in [-0.2, 0) is 16.0 Å². The van der Waals surface area contributed by atoms with Crippen molar-refractivity contribution in [2.75, 3.05) is 44.1 Å². The fourth-order valence-corrected chi connectivity index (χ4v) is 2.36. The van der Waals surface area contributed by atoms with Gasteiger partial charge in [-0.05, 0) is 36.6 Å². The molecule has 0 saturated heterocycles. The van der Waals surface area contributed by atoms with Crippen molar-refractivity contribution in [1.29, 1.82) is 0 Å². The highest BCUT2D eigenvalue weighted by molar-refractivity contribution is 5.76. The van der Waals surface area contributed by atoms with E-state index in [9.17, 15) is 4.79 Å². The molecule has 4 heteroatoms. The summed E-state index contributed by atoms with van der Waals surface area (Å²) in [6.07, 6.45) is 2.30. The molecule has 0 radical (unpaired) electrons. The quantitative estimate of drug-likeness (QED) is 0.762. The average molecular weight is 248 g/mol. The standard InChI is InChI=1S/C14H20N2O2/c1-15-8-4-5-11-9-12(6-7-13(11)15)16(2)10-14(17)18-3/h6-7,9H,4-5,8,10H2,1-3H3. The highest BCUT2D eigenvalue weighted by atomic mass is 16.5. The summed E-state index contributed by atoms with van der Waals surface area (Å²) in [4.78, 5) is 15.5. The van der Waals surface area contributed by atoms with Gasteiger partial charge in [-0.2, -0.15) is 0 Å². The Kier molecular flexibility index (Phi) is 3.75. The Bertz CT molecular complexity index is 445. The van der Waals surface area contributed by atoms with Gasteiger partial charge >= 0.3 is 5.97 Å². The van der Waals surface area contributed by atoms with E-state index >= 15 is 0 Å². The predicted molar refractivity (Wildman–Crippen MR) is 73.3 cm³/mol. The van der Waals surface area contributed by atoms with Gasteiger partial charge in [-0.25, -0.2) is 0 Å². The predicted octanol–water partition coefficient (Wildman–Crippen LogP) is 1.68. The summed E-state index contributed by atoms with van der Waals surface area (Å²) in [6, 6.07) is 6.37. The molecule has 0 bridgehead atoms. The molecule has 0 unspecified atom stereocenters. The first-order chi connectivity index (χ1) is 8.61. The molecule has 0 fully saturated rings. The zero-order chi connectivity index (χ0) is 13.1. The third-order valence-corrected chi connectivity index (χ3v) is 3.45. The van der Waals surface area contributed by atoms with Crippen LogP contribution < -0.4 is 9.80 Å². The molecule has 0 aliphatic carbocycles. The summed E-state index contributed by atoms with van der Waals surface area (Å²) >= 11 is 0. The van der Waals surface area contributed by atoms with Gasteiger partial charge in [0.1, 0.15) is 6.54 Å². The van der Waals surface area contributed by atoms with Crippen molar-refractivity contribution >= 4 is 17.3 Å². The van der Waals surface area contributed by atoms with Crippen LogP contribution in [0, 0.1) is 0 Å². The molecular formula is C14H20N2O2. The first kappa shape index (κ1) is 12.7. The number of ether oxygens (including phenoxy) is 1. The van der Waals surface area contributed by atoms with E-state index in [0.29, 0.717) is 0 Å². The van der Waals surface area contributed by atoms with Crippen LogP contribution in [0.3, 0.4) is 0 Å². The molecular weight excluding hydrogens is 228 g/mol. The van der Waals surface area contributed by atoms with E-state index in [0.717, 1.165) is 18.7 Å². The fraction of sp³-hybridized carbons (Fsp3) is 0.500. The van der Waals surface area contributed by atoms with E-state index in [1.54, 1.807) is 0 Å². The van der Waals surface area contributed by atoms with Gasteiger partial charge < -0.3 is 14.5 Å². The van der Waals surface area contributed by atoms with Gasteiger partial charge in [-0.15, -0.1) is 0 Å². The first-order valence-corrected chi connectivity index (χ1v) is 6.24. The molecule has 0 spiro atoms. The number of hydrogen-bond donors (Lipinski definition) is 0. The molecule has 0 aromatic heterocycles. The Morgan fingerprint density at radius 3 is 3.00 bits per heavy atom. The van der Waals surface area contributed by atoms with Crippen molar-refractivity contribution in [3.05, 3.63) is 23.8 Å². The van der Waals surface area contributed by atoms with Crippen LogP contribution in [0.1, 0.15) is 12.0 Å². The van der Waals surface area contributed by atoms with Gasteiger partial charge in [0.2, 0.25) is 0 Å². The molecule has 1 aromatic rings. The molecule has 1 aliphatic rings. The summed E-state index contributed by atoms with van der Waals surface area (Å²) in [5.74, 6) is -0.215. The Labute approximate surface area is 108 Å². The van der Waals surface area contributed by atoms with Gasteiger partial charge in [0, 0.05) is 32.0 Å². The van der Waals surface area contributed by atoms with Crippen molar-refractivity contribution in [1.82, 2.24) is 0 Å². The maximum absolute atomic E-state index is 11.3. The summed E-state index contributed by atoms with van der Waals surface area (Å²) < 4.78 is 4.68. The largest absolute Gasteiger partial charge is 0.468 e. The molecule has 1 heterocycles. The molecule has 98 valence electrons. The van der Waals surface area contributed by atoms with E-state index < -0.39 is 0 Å². The Morgan fingerprint density at radius 1 is 1.50 bits per heavy atom. The molecule has 0 amide bonds. The van der Waals surface area contributed by atoms with Crippen molar-refractivity contribution in [3.63, 3.8) is 0 Å². The van der Waals surface area contributed by atoms with Crippen molar-refractivity contribution in [2.45, 2.75) is 12.8 Å². The molecule has 2 rings (SSSR count). The topological polar surface area (TPSA) is 32.8 Å². The Balaban J connectivity index is 2.18. The Morgan fingerprint density at radius 2 is 2.28 bits per heavy atom. The average Bonchev–Trinajstić information content (AvgIpc) is 2.38. The zero-order valence-electron chi connectivity index (χ0n) is 11.3. The van der Waals surface area contributed by atoms with Gasteiger partial charge in [0.25, 0.3) is 0 Å². The van der Waals surface area contributed by atoms with Gasteiger partial charge in [0.05, 0.1) is 7.11 Å². The number of methoxy groups -OCH3 is 1. The number of nitrogens with zero attached hydrogens (tertiary/aromatic N) is 2. The van der Waals surface area contributed by atoms with E-state index in [-0.39, 0.29) is 12.5 Å². The second-order valence-corrected chi connectivity index (χ2v) is 4.77. The maximum Gasteiger partial charge on any atom is 0.325 e. The van der Waals surface area contributed by atoms with Crippen LogP contribution in [-0.4, -0.2) is 40.3 Å². The minimum absolute atomic E-state index is 0.215. The van der Waals surface area contributed by atoms with Crippen molar-refractivity contribution in [2.24, 2.45) is 0 Å². The molecule has 0 atom stereocenters. The highest BCUT2D eigenvalue weighted by Gasteiger charge is 2.15. The number of fused-ring (bicyclic) bond motifs is 1. The lowest BCUT2D eigenvalue weighted by molar-refractivity contribution is -0.138. The van der Waals surface area contributed by atoms with Crippen LogP contribution >= 0.6 is 0 Å². The molecule has 4 nitrogen and oxygen atoms in total. The monoisotopic (exact) mass is 248 g/mol. The Hall–Kier alpha value is -1.71. The van der Waals surface area contributed by atoms with Crippen LogP contribution in [0.5, 0.6) is 0 Å². The first-order valence-electron chi connectivity index (χ1n) is 6.24. The number of likely N-dealkylation sites (N-methyl/N-ethyl adjacent to an activating group) is 1. The van der Waals surface area contributed by atoms with Gasteiger partial charge in [-0.1, -0.05) is 0 Å². The minimum Gasteiger partial charge on any atom is -0.468 e. The number of benzene rings is 1. The SMILES string of the molecule is COC(=O)CN(C)c1ccc2c(c1)CCCN2C. The maximum atomic E-state index is 11.3. The highest BCUT2D eigenvalue weighted by Crippen LogP contribution is 2.29. The lowest BCUT2D eigenvalue weighted by atomic mass is 10.0. The second-order valence-electron chi connectivity index (χ2n) is 4.77. The van der Waals surface area contributed by atoms with Crippen LogP contribution in [0.25, 0.3) is 0 Å². The number of anilines is 2. The van der Waals surface area contributed by atoms with Gasteiger partial charge in [-0.3, -0.25) is 4.79 Å². The van der Waals surface area contributed by atoms with E-state index in [2.05, 4.69) is 34.9 Å². The van der Waals surface area contributed by atoms with Crippen molar-refractivity contribution < 1.29 is 9.53 Å². The fourth-order valence-electron chi connectivity index (χ4n) is 2.36. The number of rotatable bonds is 3. The third-order valence-electron chi connectivity index (χ3n) is 3.45. The number of carbonyl (C=O) groups is 1. The van der Waals surface area contributed by atoms with Gasteiger partial charge in [0.15, 0.2) is 0 Å². The van der Waals surface area contributed by atoms with E-state index in [4.69, 9.17) is 0 Å². The van der Waals surface area contributed by atoms with Crippen LogP contribution in [0.4, 0.5) is 11.4 Å². The third kappa shape index (κ3) is 2.58. The lowest BCUT2D eigenvalue weighted by Crippen LogP contribution is -2.28. The normalized spacial score (nSPS) is 14.1. The second kappa shape index (κ2) is 5.29. The van der Waals surface area contributed by atoms with Crippen LogP contribution in [0.2, 0.25) is 0 Å². The van der Waals surface area contributed by atoms with Crippen LogP contribution in [0.15, 0.2) is 18.2 Å². The zero-order valence-corrected chi connectivity index (χ0v) is 11.3. The smallest absolute Gasteiger partial charge is 0.325 e. The number of aryl methyl sites for hydroxylation is 1. The van der Waals surface area contributed by atoms with E-state index in [1.807, 2.05) is 11.9 Å². The number of carbonyl (C=O) groups excluding carboxylic acids is 1. The molecule has 0 saturated carbocycles. The minimum atomic E-state index is -0.215. The summed E-state index contributed by atoms with van der Waals surface area (Å²) in [5.41, 5.74) is 3.73. The summed E-state index contributed by atoms with van der Waals surface area (Å²) in [5, 5.41) is 0. The molecule has 0 N–H and O–H groups in total. The summed E-state index contributed by atoms with van der Waals surface area (Å²) in [6.45, 7) is 1.40. The molecule has 1 aliphatic heterocycles. The van der Waals surface area contributed by atoms with Crippen molar-refractivity contribution in [3.8, 4) is 0 Å². The number of esters is 1. The van der Waals surface area contributed by atoms with E-state index in [1.165, 1.54) is 24.8 Å². The summed E-state index contributed by atoms with van der Waals surface area (Å²) in [7, 11) is 5.44. The molecule has 1 aromatic carbocycles. The number of hydrogen-bond acceptors (Lipinski definition) is 4.